The highest BCUT2D eigenvalue weighted by Crippen LogP contribution is 2.31. The lowest BCUT2D eigenvalue weighted by Gasteiger charge is -2.31. The monoisotopic (exact) mass is 284 g/mol. The Morgan fingerprint density at radius 1 is 1.38 bits per heavy atom. The van der Waals surface area contributed by atoms with Gasteiger partial charge in [0.15, 0.2) is 0 Å². The Morgan fingerprint density at radius 3 is 2.86 bits per heavy atom. The van der Waals surface area contributed by atoms with Crippen LogP contribution in [0.15, 0.2) is 35.1 Å². The molecule has 0 saturated heterocycles. The zero-order valence-electron chi connectivity index (χ0n) is 11.7. The Balaban J connectivity index is 2.07. The lowest BCUT2D eigenvalue weighted by atomic mass is 10.1. The van der Waals surface area contributed by atoms with E-state index in [0.29, 0.717) is 36.8 Å². The van der Waals surface area contributed by atoms with Crippen molar-refractivity contribution in [2.24, 2.45) is 7.05 Å². The fraction of sp³-hybridized carbons (Fsp3) is 0.267. The average Bonchev–Trinajstić information content (AvgIpc) is 2.50. The van der Waals surface area contributed by atoms with Gasteiger partial charge in [-0.3, -0.25) is 4.79 Å². The van der Waals surface area contributed by atoms with Gasteiger partial charge >= 0.3 is 0 Å². The normalized spacial score (nSPS) is 13.5. The van der Waals surface area contributed by atoms with Crippen molar-refractivity contribution in [2.45, 2.75) is 6.54 Å². The second-order valence-corrected chi connectivity index (χ2v) is 4.90. The number of anilines is 1. The molecule has 0 aliphatic carbocycles. The van der Waals surface area contributed by atoms with E-state index < -0.39 is 0 Å². The number of ether oxygens (including phenoxy) is 1. The molecule has 0 atom stereocenters. The molecule has 6 nitrogen and oxygen atoms in total. The van der Waals surface area contributed by atoms with Crippen molar-refractivity contribution in [1.82, 2.24) is 9.78 Å². The van der Waals surface area contributed by atoms with Crippen LogP contribution in [0.5, 0.6) is 5.88 Å². The topological polar surface area (TPSA) is 71.2 Å². The summed E-state index contributed by atoms with van der Waals surface area (Å²) in [5.74, 6) is 0.415. The molecular weight excluding hydrogens is 268 g/mol. The van der Waals surface area contributed by atoms with E-state index in [1.807, 2.05) is 35.2 Å². The number of hydrogen-bond donors (Lipinski definition) is 1. The van der Waals surface area contributed by atoms with E-state index in [1.165, 1.54) is 4.68 Å². The van der Waals surface area contributed by atoms with Crippen molar-refractivity contribution in [2.75, 3.05) is 18.1 Å². The first kappa shape index (κ1) is 13.4. The Morgan fingerprint density at radius 2 is 2.14 bits per heavy atom. The van der Waals surface area contributed by atoms with Crippen LogP contribution in [0.3, 0.4) is 0 Å². The van der Waals surface area contributed by atoms with Gasteiger partial charge in [0.2, 0.25) is 0 Å². The third-order valence-corrected chi connectivity index (χ3v) is 3.50. The fourth-order valence-corrected chi connectivity index (χ4v) is 2.48. The van der Waals surface area contributed by atoms with Gasteiger partial charge in [0, 0.05) is 19.8 Å². The first-order valence-corrected chi connectivity index (χ1v) is 6.74. The maximum absolute atomic E-state index is 12.1. The quantitative estimate of drug-likeness (QED) is 0.859. The van der Waals surface area contributed by atoms with Crippen LogP contribution in [0.4, 0.5) is 5.69 Å². The van der Waals surface area contributed by atoms with Crippen LogP contribution in [-0.2, 0) is 13.6 Å². The van der Waals surface area contributed by atoms with Crippen LogP contribution in [0.2, 0.25) is 0 Å². The van der Waals surface area contributed by atoms with Gasteiger partial charge in [-0.25, -0.2) is 4.68 Å². The van der Waals surface area contributed by atoms with Crippen molar-refractivity contribution in [3.05, 3.63) is 51.8 Å². The van der Waals surface area contributed by atoms with E-state index in [9.17, 15) is 4.79 Å². The molecule has 1 aliphatic heterocycles. The summed E-state index contributed by atoms with van der Waals surface area (Å²) in [5.41, 5.74) is 1.79. The largest absolute Gasteiger partial charge is 0.473 e. The molecule has 0 bridgehead atoms. The second-order valence-electron chi connectivity index (χ2n) is 4.90. The molecule has 1 aliphatic rings. The Bertz CT molecular complexity index is 724. The maximum atomic E-state index is 12.1. The third kappa shape index (κ3) is 2.40. The third-order valence-electron chi connectivity index (χ3n) is 3.50. The Hall–Kier alpha value is -2.63. The number of nitrogens with zero attached hydrogens (tertiary/aromatic N) is 3. The lowest BCUT2D eigenvalue weighted by molar-refractivity contribution is 0.285. The minimum absolute atomic E-state index is 0.285. The van der Waals surface area contributed by atoms with E-state index in [-0.39, 0.29) is 5.56 Å². The summed E-state index contributed by atoms with van der Waals surface area (Å²) in [5, 5.41) is 11.7. The number of hydrogen-bond acceptors (Lipinski definition) is 5. The predicted octanol–water partition coefficient (Wildman–Crippen LogP) is 1.18. The second kappa shape index (κ2) is 5.40. The molecular formula is C15H16N4O2. The molecule has 1 aromatic carbocycles. The van der Waals surface area contributed by atoms with Crippen LogP contribution in [0.1, 0.15) is 11.1 Å². The fourth-order valence-electron chi connectivity index (χ4n) is 2.48. The molecule has 0 fully saturated rings. The van der Waals surface area contributed by atoms with Gasteiger partial charge < -0.3 is 15.0 Å². The van der Waals surface area contributed by atoms with Crippen molar-refractivity contribution < 1.29 is 4.74 Å². The van der Waals surface area contributed by atoms with Crippen molar-refractivity contribution in [3.63, 3.8) is 0 Å². The van der Waals surface area contributed by atoms with Gasteiger partial charge in [-0.05, 0) is 5.56 Å². The molecule has 21 heavy (non-hydrogen) atoms. The maximum Gasteiger partial charge on any atom is 0.277 e. The molecule has 108 valence electrons. The molecule has 2 heterocycles. The van der Waals surface area contributed by atoms with Gasteiger partial charge in [-0.15, -0.1) is 5.10 Å². The number of fused-ring (bicyclic) bond motifs is 1. The van der Waals surface area contributed by atoms with Crippen LogP contribution < -0.4 is 15.2 Å². The summed E-state index contributed by atoms with van der Waals surface area (Å²) in [7, 11) is 1.56. The average molecular weight is 284 g/mol. The standard InChI is InChI=1S/C15H16N4O2/c1-18-15(20)12(9-16)13-14(17-18)21-8-7-19(13)10-11-5-3-2-4-6-11/h2-6,9,16H,7-8,10H2,1H3. The summed E-state index contributed by atoms with van der Waals surface area (Å²) in [4.78, 5) is 14.2. The van der Waals surface area contributed by atoms with Crippen LogP contribution in [0, 0.1) is 5.41 Å². The SMILES string of the molecule is Cn1nc2c(c(C=N)c1=O)N(Cc1ccccc1)CCO2. The minimum atomic E-state index is -0.285. The van der Waals surface area contributed by atoms with E-state index in [2.05, 4.69) is 5.10 Å². The van der Waals surface area contributed by atoms with Crippen molar-refractivity contribution in [3.8, 4) is 5.88 Å². The molecule has 0 unspecified atom stereocenters. The molecule has 6 heteroatoms. The zero-order valence-corrected chi connectivity index (χ0v) is 11.7. The minimum Gasteiger partial charge on any atom is -0.473 e. The van der Waals surface area contributed by atoms with E-state index in [4.69, 9.17) is 10.1 Å². The predicted molar refractivity (Wildman–Crippen MR) is 80.4 cm³/mol. The molecule has 0 amide bonds. The van der Waals surface area contributed by atoms with E-state index in [1.54, 1.807) is 7.05 Å². The first-order valence-electron chi connectivity index (χ1n) is 6.74. The Kier molecular flexibility index (Phi) is 3.43. The lowest BCUT2D eigenvalue weighted by Crippen LogP contribution is -2.37. The van der Waals surface area contributed by atoms with Gasteiger partial charge in [-0.1, -0.05) is 30.3 Å². The number of rotatable bonds is 3. The highest BCUT2D eigenvalue weighted by molar-refractivity contribution is 5.87. The van der Waals surface area contributed by atoms with E-state index >= 15 is 0 Å². The highest BCUT2D eigenvalue weighted by atomic mass is 16.5. The van der Waals surface area contributed by atoms with Crippen molar-refractivity contribution in [1.29, 1.82) is 5.41 Å². The van der Waals surface area contributed by atoms with Gasteiger partial charge in [0.1, 0.15) is 12.3 Å². The van der Waals surface area contributed by atoms with Gasteiger partial charge in [0.05, 0.1) is 12.1 Å². The molecule has 2 aromatic rings. The van der Waals surface area contributed by atoms with Gasteiger partial charge in [-0.2, -0.15) is 0 Å². The summed E-state index contributed by atoms with van der Waals surface area (Å²) in [6, 6.07) is 10.0. The Labute approximate surface area is 122 Å². The summed E-state index contributed by atoms with van der Waals surface area (Å²) in [6.45, 7) is 1.84. The van der Waals surface area contributed by atoms with Crippen LogP contribution in [-0.4, -0.2) is 29.1 Å². The first-order chi connectivity index (χ1) is 10.2. The number of aromatic nitrogens is 2. The summed E-state index contributed by atoms with van der Waals surface area (Å²) >= 11 is 0. The summed E-state index contributed by atoms with van der Waals surface area (Å²) in [6.07, 6.45) is 1.08. The van der Waals surface area contributed by atoms with Crippen LogP contribution >= 0.6 is 0 Å². The molecule has 0 spiro atoms. The van der Waals surface area contributed by atoms with Gasteiger partial charge in [0.25, 0.3) is 11.4 Å². The number of nitrogens with one attached hydrogen (secondary N) is 1. The molecule has 1 N–H and O–H groups in total. The smallest absolute Gasteiger partial charge is 0.277 e. The number of benzene rings is 1. The molecule has 0 saturated carbocycles. The molecule has 0 radical (unpaired) electrons. The summed E-state index contributed by atoms with van der Waals surface area (Å²) < 4.78 is 6.77. The molecule has 1 aromatic heterocycles. The zero-order chi connectivity index (χ0) is 14.8. The van der Waals surface area contributed by atoms with Crippen molar-refractivity contribution >= 4 is 11.9 Å². The van der Waals surface area contributed by atoms with Crippen LogP contribution in [0.25, 0.3) is 0 Å². The van der Waals surface area contributed by atoms with E-state index in [0.717, 1.165) is 11.8 Å². The molecule has 3 rings (SSSR count). The highest BCUT2D eigenvalue weighted by Gasteiger charge is 2.25. The number of aryl methyl sites for hydroxylation is 1.